The number of azo groups is 1. The van der Waals surface area contributed by atoms with E-state index in [4.69, 9.17) is 5.73 Å². The molecule has 0 bridgehead atoms. The van der Waals surface area contributed by atoms with Crippen molar-refractivity contribution in [3.63, 3.8) is 0 Å². The summed E-state index contributed by atoms with van der Waals surface area (Å²) in [5.41, 5.74) is 12.6. The molecular formula is C31H22N4. The summed E-state index contributed by atoms with van der Waals surface area (Å²) in [7, 11) is 0. The van der Waals surface area contributed by atoms with Crippen LogP contribution in [0, 0.1) is 0 Å². The number of nitrogens with zero attached hydrogens (tertiary/aromatic N) is 3. The standard InChI is InChI=1S/C31H22N4/c32-30-15-14-23(29-18-22-7-1-2-11-26(22)27-12-3-4-13-28(27)29)19-31(30)35-34-25-10-5-8-21(17-25)24-9-6-16-33-20-24/h1-20H,32H2. The highest BCUT2D eigenvalue weighted by atomic mass is 15.1. The zero-order chi connectivity index (χ0) is 23.6. The first kappa shape index (κ1) is 20.8. The van der Waals surface area contributed by atoms with Crippen molar-refractivity contribution < 1.29 is 0 Å². The van der Waals surface area contributed by atoms with Gasteiger partial charge < -0.3 is 5.73 Å². The Labute approximate surface area is 203 Å². The van der Waals surface area contributed by atoms with Gasteiger partial charge in [-0.1, -0.05) is 72.8 Å². The van der Waals surface area contributed by atoms with Crippen LogP contribution < -0.4 is 5.73 Å². The molecule has 35 heavy (non-hydrogen) atoms. The molecule has 1 aromatic heterocycles. The Morgan fingerprint density at radius 1 is 0.571 bits per heavy atom. The van der Waals surface area contributed by atoms with Gasteiger partial charge in [-0.3, -0.25) is 4.98 Å². The Morgan fingerprint density at radius 2 is 1.37 bits per heavy atom. The predicted molar refractivity (Wildman–Crippen MR) is 145 cm³/mol. The molecule has 0 atom stereocenters. The van der Waals surface area contributed by atoms with E-state index in [-0.39, 0.29) is 0 Å². The normalized spacial score (nSPS) is 11.4. The molecule has 5 aromatic carbocycles. The van der Waals surface area contributed by atoms with Crippen LogP contribution >= 0.6 is 0 Å². The molecule has 0 saturated carbocycles. The van der Waals surface area contributed by atoms with Gasteiger partial charge >= 0.3 is 0 Å². The zero-order valence-corrected chi connectivity index (χ0v) is 19.0. The highest BCUT2D eigenvalue weighted by molar-refractivity contribution is 6.13. The lowest BCUT2D eigenvalue weighted by Gasteiger charge is -2.12. The maximum Gasteiger partial charge on any atom is 0.109 e. The summed E-state index contributed by atoms with van der Waals surface area (Å²) < 4.78 is 0. The van der Waals surface area contributed by atoms with Gasteiger partial charge in [0.25, 0.3) is 0 Å². The molecule has 0 unspecified atom stereocenters. The Kier molecular flexibility index (Phi) is 5.24. The van der Waals surface area contributed by atoms with Gasteiger partial charge in [-0.2, -0.15) is 5.11 Å². The van der Waals surface area contributed by atoms with Crippen LogP contribution in [0.3, 0.4) is 0 Å². The van der Waals surface area contributed by atoms with Crippen LogP contribution in [0.1, 0.15) is 0 Å². The Morgan fingerprint density at radius 3 is 2.23 bits per heavy atom. The smallest absolute Gasteiger partial charge is 0.109 e. The lowest BCUT2D eigenvalue weighted by atomic mass is 9.93. The number of hydrogen-bond acceptors (Lipinski definition) is 4. The zero-order valence-electron chi connectivity index (χ0n) is 19.0. The molecule has 166 valence electrons. The molecular weight excluding hydrogens is 428 g/mol. The third kappa shape index (κ3) is 4.02. The van der Waals surface area contributed by atoms with Gasteiger partial charge in [0.1, 0.15) is 5.69 Å². The summed E-state index contributed by atoms with van der Waals surface area (Å²) in [6.45, 7) is 0. The van der Waals surface area contributed by atoms with E-state index in [2.05, 4.69) is 69.8 Å². The first-order valence-electron chi connectivity index (χ1n) is 11.5. The van der Waals surface area contributed by atoms with E-state index in [9.17, 15) is 0 Å². The lowest BCUT2D eigenvalue weighted by Crippen LogP contribution is -1.88. The van der Waals surface area contributed by atoms with Crippen molar-refractivity contribution in [2.75, 3.05) is 5.73 Å². The maximum atomic E-state index is 6.29. The largest absolute Gasteiger partial charge is 0.397 e. The van der Waals surface area contributed by atoms with Crippen LogP contribution in [-0.2, 0) is 0 Å². The number of hydrogen-bond donors (Lipinski definition) is 1. The second kappa shape index (κ2) is 8.84. The van der Waals surface area contributed by atoms with Crippen molar-refractivity contribution in [1.29, 1.82) is 0 Å². The molecule has 0 saturated heterocycles. The van der Waals surface area contributed by atoms with Crippen molar-refractivity contribution in [3.8, 4) is 22.3 Å². The summed E-state index contributed by atoms with van der Waals surface area (Å²) in [6, 6.07) is 37.1. The minimum atomic E-state index is 0.589. The van der Waals surface area contributed by atoms with E-state index >= 15 is 0 Å². The number of nitrogen functional groups attached to an aromatic ring is 1. The predicted octanol–water partition coefficient (Wildman–Crippen LogP) is 8.72. The average Bonchev–Trinajstić information content (AvgIpc) is 2.93. The number of benzene rings is 5. The van der Waals surface area contributed by atoms with Gasteiger partial charge in [0, 0.05) is 18.0 Å². The SMILES string of the molecule is Nc1ccc(-c2cc3ccccc3c3ccccc23)cc1N=Nc1cccc(-c2cccnc2)c1. The molecule has 4 nitrogen and oxygen atoms in total. The molecule has 0 aliphatic carbocycles. The van der Waals surface area contributed by atoms with Crippen molar-refractivity contribution in [3.05, 3.63) is 122 Å². The van der Waals surface area contributed by atoms with E-state index < -0.39 is 0 Å². The van der Waals surface area contributed by atoms with Gasteiger partial charge in [0.2, 0.25) is 0 Å². The average molecular weight is 451 g/mol. The molecule has 0 fully saturated rings. The Balaban J connectivity index is 1.41. The van der Waals surface area contributed by atoms with Crippen molar-refractivity contribution in [2.24, 2.45) is 10.2 Å². The summed E-state index contributed by atoms with van der Waals surface area (Å²) in [4.78, 5) is 4.20. The number of fused-ring (bicyclic) bond motifs is 3. The van der Waals surface area contributed by atoms with E-state index in [1.165, 1.54) is 21.5 Å². The van der Waals surface area contributed by atoms with E-state index in [1.807, 2.05) is 60.8 Å². The molecule has 2 N–H and O–H groups in total. The second-order valence-corrected chi connectivity index (χ2v) is 8.46. The fraction of sp³-hybridized carbons (Fsp3) is 0. The molecule has 6 rings (SSSR count). The topological polar surface area (TPSA) is 63.6 Å². The van der Waals surface area contributed by atoms with Gasteiger partial charge in [0.05, 0.1) is 11.4 Å². The summed E-state index contributed by atoms with van der Waals surface area (Å²) in [5, 5.41) is 13.9. The summed E-state index contributed by atoms with van der Waals surface area (Å²) in [5.74, 6) is 0. The first-order chi connectivity index (χ1) is 17.3. The molecule has 0 amide bonds. The number of rotatable bonds is 4. The molecule has 0 aliphatic heterocycles. The van der Waals surface area contributed by atoms with Crippen molar-refractivity contribution in [1.82, 2.24) is 4.98 Å². The summed E-state index contributed by atoms with van der Waals surface area (Å²) >= 11 is 0. The van der Waals surface area contributed by atoms with Crippen LogP contribution in [0.5, 0.6) is 0 Å². The highest BCUT2D eigenvalue weighted by Crippen LogP contribution is 2.38. The lowest BCUT2D eigenvalue weighted by molar-refractivity contribution is 1.23. The van der Waals surface area contributed by atoms with Crippen LogP contribution in [0.15, 0.2) is 132 Å². The van der Waals surface area contributed by atoms with Crippen LogP contribution in [0.25, 0.3) is 43.8 Å². The molecule has 0 radical (unpaired) electrons. The van der Waals surface area contributed by atoms with E-state index in [0.29, 0.717) is 11.4 Å². The fourth-order valence-electron chi connectivity index (χ4n) is 4.48. The van der Waals surface area contributed by atoms with Gasteiger partial charge in [-0.15, -0.1) is 5.11 Å². The van der Waals surface area contributed by atoms with Crippen molar-refractivity contribution >= 4 is 38.6 Å². The van der Waals surface area contributed by atoms with Crippen LogP contribution in [-0.4, -0.2) is 4.98 Å². The number of anilines is 1. The quantitative estimate of drug-likeness (QED) is 0.166. The van der Waals surface area contributed by atoms with Gasteiger partial charge in [0.15, 0.2) is 0 Å². The molecule has 0 aliphatic rings. The molecule has 0 spiro atoms. The Bertz CT molecular complexity index is 1700. The first-order valence-corrected chi connectivity index (χ1v) is 11.5. The number of nitrogens with two attached hydrogens (primary N) is 1. The third-order valence-electron chi connectivity index (χ3n) is 6.22. The fourth-order valence-corrected chi connectivity index (χ4v) is 4.48. The summed E-state index contributed by atoms with van der Waals surface area (Å²) in [6.07, 6.45) is 3.60. The maximum absolute atomic E-state index is 6.29. The van der Waals surface area contributed by atoms with Crippen LogP contribution in [0.2, 0.25) is 0 Å². The van der Waals surface area contributed by atoms with Crippen LogP contribution in [0.4, 0.5) is 17.1 Å². The van der Waals surface area contributed by atoms with Gasteiger partial charge in [-0.05, 0) is 74.6 Å². The third-order valence-corrected chi connectivity index (χ3v) is 6.22. The minimum Gasteiger partial charge on any atom is -0.397 e. The van der Waals surface area contributed by atoms with E-state index in [1.54, 1.807) is 6.20 Å². The Hall–Kier alpha value is -4.83. The number of pyridine rings is 1. The molecule has 1 heterocycles. The molecule has 4 heteroatoms. The number of aromatic nitrogens is 1. The molecule has 6 aromatic rings. The minimum absolute atomic E-state index is 0.589. The van der Waals surface area contributed by atoms with E-state index in [0.717, 1.165) is 27.9 Å². The highest BCUT2D eigenvalue weighted by Gasteiger charge is 2.10. The second-order valence-electron chi connectivity index (χ2n) is 8.46. The monoisotopic (exact) mass is 450 g/mol. The van der Waals surface area contributed by atoms with Gasteiger partial charge in [-0.25, -0.2) is 0 Å². The van der Waals surface area contributed by atoms with Crippen molar-refractivity contribution in [2.45, 2.75) is 0 Å².